The molecule has 1 aromatic rings. The number of aryl methyl sites for hydroxylation is 1. The van der Waals surface area contributed by atoms with Gasteiger partial charge in [-0.3, -0.25) is 0 Å². The standard InChI is InChI=1S/C18H29N3O3/c1-14-9-7-8-10-15(14)13-21(6)16(22)19-11-12-20(5)17(23)24-18(2,3)4/h7-10H,11-13H2,1-6H3,(H,19,22). The second-order valence-electron chi connectivity index (χ2n) is 6.92. The number of hydrogen-bond acceptors (Lipinski definition) is 3. The molecule has 0 radical (unpaired) electrons. The van der Waals surface area contributed by atoms with E-state index in [4.69, 9.17) is 4.74 Å². The lowest BCUT2D eigenvalue weighted by atomic mass is 10.1. The predicted molar refractivity (Wildman–Crippen MR) is 94.9 cm³/mol. The summed E-state index contributed by atoms with van der Waals surface area (Å²) in [4.78, 5) is 27.0. The van der Waals surface area contributed by atoms with E-state index in [0.717, 1.165) is 11.1 Å². The number of nitrogens with zero attached hydrogens (tertiary/aromatic N) is 2. The van der Waals surface area contributed by atoms with Crippen molar-refractivity contribution in [3.05, 3.63) is 35.4 Å². The number of amides is 3. The number of likely N-dealkylation sites (N-methyl/N-ethyl adjacent to an activating group) is 1. The molecule has 1 N–H and O–H groups in total. The zero-order valence-corrected chi connectivity index (χ0v) is 15.5. The maximum atomic E-state index is 12.1. The van der Waals surface area contributed by atoms with Crippen LogP contribution in [0.25, 0.3) is 0 Å². The molecule has 0 saturated carbocycles. The fourth-order valence-electron chi connectivity index (χ4n) is 2.01. The van der Waals surface area contributed by atoms with Gasteiger partial charge < -0.3 is 19.9 Å². The molecule has 0 heterocycles. The van der Waals surface area contributed by atoms with Gasteiger partial charge in [0.2, 0.25) is 0 Å². The van der Waals surface area contributed by atoms with Crippen LogP contribution in [0, 0.1) is 6.92 Å². The molecule has 0 aliphatic heterocycles. The molecule has 0 fully saturated rings. The molecule has 0 aliphatic carbocycles. The van der Waals surface area contributed by atoms with E-state index in [1.165, 1.54) is 4.90 Å². The van der Waals surface area contributed by atoms with Crippen molar-refractivity contribution in [1.29, 1.82) is 0 Å². The molecule has 0 atom stereocenters. The van der Waals surface area contributed by atoms with Crippen molar-refractivity contribution < 1.29 is 14.3 Å². The van der Waals surface area contributed by atoms with Crippen molar-refractivity contribution in [3.8, 4) is 0 Å². The summed E-state index contributed by atoms with van der Waals surface area (Å²) >= 11 is 0. The number of carbonyl (C=O) groups excluding carboxylic acids is 2. The molecule has 134 valence electrons. The molecule has 0 aliphatic rings. The second kappa shape index (κ2) is 8.57. The first kappa shape index (κ1) is 19.8. The Hall–Kier alpha value is -2.24. The van der Waals surface area contributed by atoms with E-state index in [1.807, 2.05) is 52.0 Å². The van der Waals surface area contributed by atoms with Crippen LogP contribution in [0.5, 0.6) is 0 Å². The van der Waals surface area contributed by atoms with E-state index in [9.17, 15) is 9.59 Å². The summed E-state index contributed by atoms with van der Waals surface area (Å²) in [5, 5.41) is 2.81. The molecular weight excluding hydrogens is 306 g/mol. The molecule has 6 nitrogen and oxygen atoms in total. The molecule has 6 heteroatoms. The summed E-state index contributed by atoms with van der Waals surface area (Å²) in [6.45, 7) is 8.78. The lowest BCUT2D eigenvalue weighted by Gasteiger charge is -2.25. The van der Waals surface area contributed by atoms with Crippen molar-refractivity contribution in [1.82, 2.24) is 15.1 Å². The van der Waals surface area contributed by atoms with Crippen molar-refractivity contribution >= 4 is 12.1 Å². The van der Waals surface area contributed by atoms with Gasteiger partial charge in [-0.25, -0.2) is 9.59 Å². The summed E-state index contributed by atoms with van der Waals surface area (Å²) in [5.74, 6) is 0. The molecule has 0 saturated heterocycles. The third kappa shape index (κ3) is 6.89. The normalized spacial score (nSPS) is 10.9. The third-order valence-corrected chi connectivity index (χ3v) is 3.44. The maximum absolute atomic E-state index is 12.1. The zero-order chi connectivity index (χ0) is 18.3. The Morgan fingerprint density at radius 3 is 2.33 bits per heavy atom. The van der Waals surface area contributed by atoms with Gasteiger partial charge in [0, 0.05) is 33.7 Å². The number of benzene rings is 1. The van der Waals surface area contributed by atoms with Gasteiger partial charge in [-0.2, -0.15) is 0 Å². The van der Waals surface area contributed by atoms with Crippen LogP contribution >= 0.6 is 0 Å². The van der Waals surface area contributed by atoms with E-state index < -0.39 is 11.7 Å². The van der Waals surface area contributed by atoms with Gasteiger partial charge in [0.25, 0.3) is 0 Å². The lowest BCUT2D eigenvalue weighted by molar-refractivity contribution is 0.0300. The van der Waals surface area contributed by atoms with Crippen LogP contribution in [0.1, 0.15) is 31.9 Å². The molecule has 1 aromatic carbocycles. The van der Waals surface area contributed by atoms with E-state index in [-0.39, 0.29) is 6.03 Å². The Balaban J connectivity index is 2.38. The topological polar surface area (TPSA) is 61.9 Å². The summed E-state index contributed by atoms with van der Waals surface area (Å²) in [5.41, 5.74) is 1.74. The number of urea groups is 1. The molecule has 0 aromatic heterocycles. The van der Waals surface area contributed by atoms with Gasteiger partial charge in [-0.1, -0.05) is 24.3 Å². The van der Waals surface area contributed by atoms with E-state index in [1.54, 1.807) is 19.0 Å². The minimum absolute atomic E-state index is 0.171. The minimum Gasteiger partial charge on any atom is -0.444 e. The SMILES string of the molecule is Cc1ccccc1CN(C)C(=O)NCCN(C)C(=O)OC(C)(C)C. The van der Waals surface area contributed by atoms with Gasteiger partial charge in [0.15, 0.2) is 0 Å². The van der Waals surface area contributed by atoms with Crippen LogP contribution in [0.4, 0.5) is 9.59 Å². The molecule has 0 bridgehead atoms. The summed E-state index contributed by atoms with van der Waals surface area (Å²) < 4.78 is 5.26. The van der Waals surface area contributed by atoms with Gasteiger partial charge in [-0.05, 0) is 38.8 Å². The average Bonchev–Trinajstić information content (AvgIpc) is 2.47. The minimum atomic E-state index is -0.525. The highest BCUT2D eigenvalue weighted by Crippen LogP contribution is 2.10. The highest BCUT2D eigenvalue weighted by atomic mass is 16.6. The Kier molecular flexibility index (Phi) is 7.07. The molecule has 0 spiro atoms. The fourth-order valence-corrected chi connectivity index (χ4v) is 2.01. The van der Waals surface area contributed by atoms with E-state index >= 15 is 0 Å². The number of hydrogen-bond donors (Lipinski definition) is 1. The molecule has 0 unspecified atom stereocenters. The Labute approximate surface area is 144 Å². The molecule has 24 heavy (non-hydrogen) atoms. The molecule has 1 rings (SSSR count). The van der Waals surface area contributed by atoms with Crippen LogP contribution < -0.4 is 5.32 Å². The number of rotatable bonds is 5. The first-order chi connectivity index (χ1) is 11.1. The first-order valence-corrected chi connectivity index (χ1v) is 8.08. The molecular formula is C18H29N3O3. The Morgan fingerprint density at radius 2 is 1.75 bits per heavy atom. The van der Waals surface area contributed by atoms with Crippen molar-refractivity contribution in [2.24, 2.45) is 0 Å². The van der Waals surface area contributed by atoms with Gasteiger partial charge in [-0.15, -0.1) is 0 Å². The number of carbonyl (C=O) groups is 2. The zero-order valence-electron chi connectivity index (χ0n) is 15.5. The molecule has 3 amide bonds. The average molecular weight is 335 g/mol. The van der Waals surface area contributed by atoms with E-state index in [0.29, 0.717) is 19.6 Å². The van der Waals surface area contributed by atoms with E-state index in [2.05, 4.69) is 5.32 Å². The second-order valence-corrected chi connectivity index (χ2v) is 6.92. The maximum Gasteiger partial charge on any atom is 0.410 e. The summed E-state index contributed by atoms with van der Waals surface area (Å²) in [6, 6.07) is 7.80. The smallest absolute Gasteiger partial charge is 0.410 e. The fraction of sp³-hybridized carbons (Fsp3) is 0.556. The van der Waals surface area contributed by atoms with Crippen LogP contribution in [0.3, 0.4) is 0 Å². The third-order valence-electron chi connectivity index (χ3n) is 3.44. The monoisotopic (exact) mass is 335 g/mol. The largest absolute Gasteiger partial charge is 0.444 e. The quantitative estimate of drug-likeness (QED) is 0.900. The lowest BCUT2D eigenvalue weighted by Crippen LogP contribution is -2.42. The summed E-state index contributed by atoms with van der Waals surface area (Å²) in [6.07, 6.45) is -0.398. The highest BCUT2D eigenvalue weighted by Gasteiger charge is 2.19. The van der Waals surface area contributed by atoms with Crippen molar-refractivity contribution in [3.63, 3.8) is 0 Å². The number of ether oxygens (including phenoxy) is 1. The first-order valence-electron chi connectivity index (χ1n) is 8.08. The predicted octanol–water partition coefficient (Wildman–Crippen LogP) is 3.00. The Morgan fingerprint density at radius 1 is 1.12 bits per heavy atom. The summed E-state index contributed by atoms with van der Waals surface area (Å²) in [7, 11) is 3.40. The van der Waals surface area contributed by atoms with Gasteiger partial charge >= 0.3 is 12.1 Å². The Bertz CT molecular complexity index is 567. The van der Waals surface area contributed by atoms with Crippen molar-refractivity contribution in [2.45, 2.75) is 39.8 Å². The van der Waals surface area contributed by atoms with Gasteiger partial charge in [0.1, 0.15) is 5.60 Å². The van der Waals surface area contributed by atoms with Crippen LogP contribution in [0.2, 0.25) is 0 Å². The van der Waals surface area contributed by atoms with Crippen LogP contribution in [-0.2, 0) is 11.3 Å². The van der Waals surface area contributed by atoms with Crippen molar-refractivity contribution in [2.75, 3.05) is 27.2 Å². The number of nitrogens with one attached hydrogen (secondary N) is 1. The highest BCUT2D eigenvalue weighted by molar-refractivity contribution is 5.74. The van der Waals surface area contributed by atoms with Gasteiger partial charge in [0.05, 0.1) is 0 Å². The van der Waals surface area contributed by atoms with Crippen LogP contribution in [0.15, 0.2) is 24.3 Å². The van der Waals surface area contributed by atoms with Crippen LogP contribution in [-0.4, -0.2) is 54.7 Å².